The number of amides is 1. The lowest BCUT2D eigenvalue weighted by Gasteiger charge is -2.46. The molecule has 4 aromatic carbocycles. The van der Waals surface area contributed by atoms with Gasteiger partial charge < -0.3 is 9.64 Å². The van der Waals surface area contributed by atoms with Crippen LogP contribution in [0.1, 0.15) is 39.0 Å². The topological polar surface area (TPSA) is 84.0 Å². The number of aromatic nitrogens is 4. The minimum atomic E-state index is -0.378. The summed E-state index contributed by atoms with van der Waals surface area (Å²) in [7, 11) is 1.63. The van der Waals surface area contributed by atoms with Gasteiger partial charge in [0.25, 0.3) is 5.91 Å². The Kier molecular flexibility index (Phi) is 5.51. The molecule has 1 spiro atoms. The van der Waals surface area contributed by atoms with Crippen molar-refractivity contribution >= 4 is 5.91 Å². The number of fused-ring (bicyclic) bond motifs is 3. The maximum absolute atomic E-state index is 14.3. The highest BCUT2D eigenvalue weighted by atomic mass is 16.5. The molecule has 2 aliphatic rings. The van der Waals surface area contributed by atoms with E-state index in [2.05, 4.69) is 86.2 Å². The molecule has 1 unspecified atom stereocenters. The first-order valence-electron chi connectivity index (χ1n) is 13.2. The van der Waals surface area contributed by atoms with Crippen LogP contribution in [0.2, 0.25) is 0 Å². The van der Waals surface area contributed by atoms with E-state index in [0.717, 1.165) is 47.1 Å². The van der Waals surface area contributed by atoms with E-state index in [1.165, 1.54) is 11.1 Å². The first-order valence-corrected chi connectivity index (χ1v) is 13.2. The van der Waals surface area contributed by atoms with Crippen molar-refractivity contribution in [2.75, 3.05) is 7.11 Å². The molecule has 1 aliphatic carbocycles. The Morgan fingerprint density at radius 3 is 2.46 bits per heavy atom. The van der Waals surface area contributed by atoms with Gasteiger partial charge in [-0.05, 0) is 57.5 Å². The standard InChI is InChI=1S/C32H27N5O2/c1-39-28-12-6-8-24-19-32(18-17-23-7-2-5-11-27(23)32)37(31(38)29(24)28)20-21-13-15-22(16-14-21)25-9-3-4-10-26(25)30-33-35-36-34-30/h2-16H,17-20H2,1H3,(H,33,34,35,36). The van der Waals surface area contributed by atoms with Crippen LogP contribution >= 0.6 is 0 Å². The van der Waals surface area contributed by atoms with Gasteiger partial charge in [-0.3, -0.25) is 4.79 Å². The Morgan fingerprint density at radius 1 is 0.897 bits per heavy atom. The lowest BCUT2D eigenvalue weighted by Crippen LogP contribution is -2.52. The molecule has 1 aromatic heterocycles. The Hall–Kier alpha value is -4.78. The third-order valence-electron chi connectivity index (χ3n) is 8.24. The van der Waals surface area contributed by atoms with Gasteiger partial charge >= 0.3 is 0 Å². The third kappa shape index (κ3) is 3.73. The molecule has 0 radical (unpaired) electrons. The van der Waals surface area contributed by atoms with E-state index < -0.39 is 0 Å². The van der Waals surface area contributed by atoms with Crippen LogP contribution < -0.4 is 4.74 Å². The van der Waals surface area contributed by atoms with Gasteiger partial charge in [0.05, 0.1) is 18.2 Å². The molecule has 0 saturated heterocycles. The zero-order chi connectivity index (χ0) is 26.4. The molecule has 7 heteroatoms. The van der Waals surface area contributed by atoms with Crippen molar-refractivity contribution in [1.82, 2.24) is 25.5 Å². The quantitative estimate of drug-likeness (QED) is 0.332. The number of aryl methyl sites for hydroxylation is 1. The van der Waals surface area contributed by atoms with E-state index >= 15 is 0 Å². The van der Waals surface area contributed by atoms with Crippen molar-refractivity contribution in [3.63, 3.8) is 0 Å². The number of tetrazole rings is 1. The van der Waals surface area contributed by atoms with Crippen LogP contribution in [0.15, 0.2) is 91.0 Å². The first-order chi connectivity index (χ1) is 19.2. The summed E-state index contributed by atoms with van der Waals surface area (Å²) >= 11 is 0. The zero-order valence-corrected chi connectivity index (χ0v) is 21.6. The Bertz CT molecular complexity index is 1680. The molecule has 0 bridgehead atoms. The fourth-order valence-electron chi connectivity index (χ4n) is 6.41. The second-order valence-corrected chi connectivity index (χ2v) is 10.2. The van der Waals surface area contributed by atoms with E-state index in [-0.39, 0.29) is 11.4 Å². The molecule has 192 valence electrons. The molecule has 0 fully saturated rings. The number of carbonyl (C=O) groups is 1. The highest BCUT2D eigenvalue weighted by Gasteiger charge is 2.50. The van der Waals surface area contributed by atoms with Crippen molar-refractivity contribution in [3.8, 4) is 28.3 Å². The molecule has 1 aliphatic heterocycles. The largest absolute Gasteiger partial charge is 0.496 e. The molecular formula is C32H27N5O2. The van der Waals surface area contributed by atoms with Crippen molar-refractivity contribution < 1.29 is 9.53 Å². The zero-order valence-electron chi connectivity index (χ0n) is 21.6. The smallest absolute Gasteiger partial charge is 0.258 e. The van der Waals surface area contributed by atoms with Crippen LogP contribution in [-0.4, -0.2) is 38.5 Å². The van der Waals surface area contributed by atoms with Gasteiger partial charge in [0.1, 0.15) is 5.75 Å². The lowest BCUT2D eigenvalue weighted by atomic mass is 9.77. The van der Waals surface area contributed by atoms with Crippen LogP contribution in [-0.2, 0) is 24.9 Å². The summed E-state index contributed by atoms with van der Waals surface area (Å²) < 4.78 is 5.64. The SMILES string of the molecule is COc1cccc2c1C(=O)N(Cc1ccc(-c3ccccc3-c3nn[nH]n3)cc1)C1(CCc3ccccc31)C2. The van der Waals surface area contributed by atoms with E-state index in [4.69, 9.17) is 4.74 Å². The second kappa shape index (κ2) is 9.20. The number of ether oxygens (including phenoxy) is 1. The van der Waals surface area contributed by atoms with Gasteiger partial charge in [-0.1, -0.05) is 84.9 Å². The molecular weight excluding hydrogens is 486 g/mol. The van der Waals surface area contributed by atoms with Crippen LogP contribution in [0.3, 0.4) is 0 Å². The summed E-state index contributed by atoms with van der Waals surface area (Å²) in [5.41, 5.74) is 8.02. The number of aromatic amines is 1. The predicted octanol–water partition coefficient (Wildman–Crippen LogP) is 5.58. The normalized spacial score (nSPS) is 17.8. The molecule has 7 rings (SSSR count). The number of carbonyl (C=O) groups excluding carboxylic acids is 1. The number of rotatable bonds is 5. The molecule has 2 heterocycles. The van der Waals surface area contributed by atoms with E-state index in [9.17, 15) is 4.79 Å². The van der Waals surface area contributed by atoms with Crippen molar-refractivity contribution in [1.29, 1.82) is 0 Å². The number of hydrogen-bond donors (Lipinski definition) is 1. The van der Waals surface area contributed by atoms with Crippen LogP contribution in [0.25, 0.3) is 22.5 Å². The number of nitrogens with zero attached hydrogens (tertiary/aromatic N) is 4. The summed E-state index contributed by atoms with van der Waals surface area (Å²) in [5, 5.41) is 14.6. The van der Waals surface area contributed by atoms with Crippen LogP contribution in [0, 0.1) is 0 Å². The minimum absolute atomic E-state index is 0.0249. The third-order valence-corrected chi connectivity index (χ3v) is 8.24. The molecule has 1 N–H and O–H groups in total. The molecule has 7 nitrogen and oxygen atoms in total. The predicted molar refractivity (Wildman–Crippen MR) is 148 cm³/mol. The second-order valence-electron chi connectivity index (χ2n) is 10.2. The highest BCUT2D eigenvalue weighted by molar-refractivity contribution is 6.00. The fourth-order valence-corrected chi connectivity index (χ4v) is 6.41. The van der Waals surface area contributed by atoms with Gasteiger partial charge in [0.15, 0.2) is 0 Å². The average Bonchev–Trinajstić information content (AvgIpc) is 3.65. The van der Waals surface area contributed by atoms with Crippen molar-refractivity contribution in [3.05, 3.63) is 119 Å². The Morgan fingerprint density at radius 2 is 1.67 bits per heavy atom. The summed E-state index contributed by atoms with van der Waals surface area (Å²) in [4.78, 5) is 16.3. The van der Waals surface area contributed by atoms with E-state index in [0.29, 0.717) is 23.7 Å². The monoisotopic (exact) mass is 513 g/mol. The van der Waals surface area contributed by atoms with Gasteiger partial charge in [-0.2, -0.15) is 5.21 Å². The minimum Gasteiger partial charge on any atom is -0.496 e. The van der Waals surface area contributed by atoms with Crippen LogP contribution in [0.4, 0.5) is 0 Å². The number of benzene rings is 4. The fraction of sp³-hybridized carbons (Fsp3) is 0.188. The van der Waals surface area contributed by atoms with Crippen molar-refractivity contribution in [2.24, 2.45) is 0 Å². The Labute approximate surface area is 226 Å². The van der Waals surface area contributed by atoms with Crippen molar-refractivity contribution in [2.45, 2.75) is 31.3 Å². The summed E-state index contributed by atoms with van der Waals surface area (Å²) in [5.74, 6) is 1.22. The summed E-state index contributed by atoms with van der Waals surface area (Å²) in [6.07, 6.45) is 2.65. The summed E-state index contributed by atoms with van der Waals surface area (Å²) in [6, 6.07) is 31.0. The first kappa shape index (κ1) is 23.3. The maximum atomic E-state index is 14.3. The number of H-pyrrole nitrogens is 1. The number of nitrogens with one attached hydrogen (secondary N) is 1. The number of hydrogen-bond acceptors (Lipinski definition) is 5. The maximum Gasteiger partial charge on any atom is 0.258 e. The molecule has 1 atom stereocenters. The average molecular weight is 514 g/mol. The Balaban J connectivity index is 1.28. The highest BCUT2D eigenvalue weighted by Crippen LogP contribution is 2.49. The lowest BCUT2D eigenvalue weighted by molar-refractivity contribution is 0.0367. The molecule has 0 saturated carbocycles. The molecule has 1 amide bonds. The molecule has 5 aromatic rings. The van der Waals surface area contributed by atoms with Gasteiger partial charge in [0, 0.05) is 18.5 Å². The summed E-state index contributed by atoms with van der Waals surface area (Å²) in [6.45, 7) is 0.511. The van der Waals surface area contributed by atoms with Gasteiger partial charge in [-0.15, -0.1) is 10.2 Å². The van der Waals surface area contributed by atoms with E-state index in [1.54, 1.807) is 7.11 Å². The van der Waals surface area contributed by atoms with Gasteiger partial charge in [0.2, 0.25) is 5.82 Å². The number of methoxy groups -OCH3 is 1. The van der Waals surface area contributed by atoms with Gasteiger partial charge in [-0.25, -0.2) is 0 Å². The van der Waals surface area contributed by atoms with Crippen LogP contribution in [0.5, 0.6) is 5.75 Å². The van der Waals surface area contributed by atoms with E-state index in [1.807, 2.05) is 30.3 Å². The molecule has 39 heavy (non-hydrogen) atoms.